The van der Waals surface area contributed by atoms with Crippen molar-refractivity contribution in [3.8, 4) is 6.07 Å². The molecule has 0 aliphatic rings. The highest BCUT2D eigenvalue weighted by molar-refractivity contribution is 5.94. The number of benzene rings is 3. The Morgan fingerprint density at radius 2 is 1.70 bits per heavy atom. The lowest BCUT2D eigenvalue weighted by Gasteiger charge is -2.03. The smallest absolute Gasteiger partial charge is 0.258 e. The van der Waals surface area contributed by atoms with Crippen LogP contribution >= 0.6 is 0 Å². The van der Waals surface area contributed by atoms with Gasteiger partial charge in [0, 0.05) is 12.1 Å². The van der Waals surface area contributed by atoms with Crippen molar-refractivity contribution < 1.29 is 4.92 Å². The molecule has 0 saturated carbocycles. The molecule has 3 aromatic carbocycles. The Balaban J connectivity index is 2.00. The SMILES string of the molecule is N#CC(=Cc1ccc([N+](=O)[O-])cc1)c1ccc2ccccc2c1. The molecule has 0 aliphatic heterocycles. The van der Waals surface area contributed by atoms with Gasteiger partial charge in [-0.1, -0.05) is 36.4 Å². The summed E-state index contributed by atoms with van der Waals surface area (Å²) in [6.45, 7) is 0. The van der Waals surface area contributed by atoms with E-state index in [-0.39, 0.29) is 5.69 Å². The maximum Gasteiger partial charge on any atom is 0.269 e. The van der Waals surface area contributed by atoms with Crippen LogP contribution in [0.3, 0.4) is 0 Å². The van der Waals surface area contributed by atoms with Gasteiger partial charge in [0.15, 0.2) is 0 Å². The monoisotopic (exact) mass is 300 g/mol. The molecule has 0 bridgehead atoms. The Labute approximate surface area is 133 Å². The number of nitriles is 1. The molecule has 23 heavy (non-hydrogen) atoms. The first-order valence-corrected chi connectivity index (χ1v) is 7.03. The van der Waals surface area contributed by atoms with Crippen molar-refractivity contribution in [2.75, 3.05) is 0 Å². The van der Waals surface area contributed by atoms with Crippen LogP contribution in [-0.4, -0.2) is 4.92 Å². The lowest BCUT2D eigenvalue weighted by atomic mass is 10.00. The first-order valence-electron chi connectivity index (χ1n) is 7.03. The Morgan fingerprint density at radius 1 is 1.00 bits per heavy atom. The van der Waals surface area contributed by atoms with Gasteiger partial charge in [-0.15, -0.1) is 0 Å². The van der Waals surface area contributed by atoms with Crippen LogP contribution in [0.2, 0.25) is 0 Å². The van der Waals surface area contributed by atoms with Gasteiger partial charge >= 0.3 is 0 Å². The van der Waals surface area contributed by atoms with Crippen molar-refractivity contribution in [3.05, 3.63) is 88.0 Å². The largest absolute Gasteiger partial charge is 0.269 e. The lowest BCUT2D eigenvalue weighted by Crippen LogP contribution is -1.87. The zero-order valence-electron chi connectivity index (χ0n) is 12.1. The standard InChI is InChI=1S/C19H12N2O2/c20-13-18(11-14-5-9-19(10-6-14)21(22)23)17-8-7-15-3-1-2-4-16(15)12-17/h1-12H. The molecule has 4 nitrogen and oxygen atoms in total. The summed E-state index contributed by atoms with van der Waals surface area (Å²) < 4.78 is 0. The Kier molecular flexibility index (Phi) is 3.86. The van der Waals surface area contributed by atoms with Gasteiger partial charge in [0.25, 0.3) is 5.69 Å². The van der Waals surface area contributed by atoms with Gasteiger partial charge in [-0.2, -0.15) is 5.26 Å². The van der Waals surface area contributed by atoms with E-state index in [0.29, 0.717) is 5.57 Å². The molecule has 0 amide bonds. The van der Waals surface area contributed by atoms with Gasteiger partial charge in [-0.05, 0) is 46.2 Å². The second-order valence-electron chi connectivity index (χ2n) is 5.08. The number of allylic oxidation sites excluding steroid dienone is 1. The lowest BCUT2D eigenvalue weighted by molar-refractivity contribution is -0.384. The number of hydrogen-bond donors (Lipinski definition) is 0. The van der Waals surface area contributed by atoms with Crippen molar-refractivity contribution in [2.45, 2.75) is 0 Å². The van der Waals surface area contributed by atoms with Crippen LogP contribution in [0.1, 0.15) is 11.1 Å². The van der Waals surface area contributed by atoms with Gasteiger partial charge < -0.3 is 0 Å². The average molecular weight is 300 g/mol. The molecule has 0 heterocycles. The molecule has 0 spiro atoms. The average Bonchev–Trinajstić information content (AvgIpc) is 2.59. The van der Waals surface area contributed by atoms with Crippen LogP contribution in [0.15, 0.2) is 66.7 Å². The van der Waals surface area contributed by atoms with Crippen LogP contribution in [0, 0.1) is 21.4 Å². The van der Waals surface area contributed by atoms with Crippen molar-refractivity contribution in [3.63, 3.8) is 0 Å². The molecule has 0 N–H and O–H groups in total. The van der Waals surface area contributed by atoms with E-state index < -0.39 is 4.92 Å². The molecular formula is C19H12N2O2. The molecule has 4 heteroatoms. The van der Waals surface area contributed by atoms with E-state index in [2.05, 4.69) is 6.07 Å². The fraction of sp³-hybridized carbons (Fsp3) is 0. The summed E-state index contributed by atoms with van der Waals surface area (Å²) in [4.78, 5) is 10.2. The number of fused-ring (bicyclic) bond motifs is 1. The quantitative estimate of drug-likeness (QED) is 0.301. The third-order valence-electron chi connectivity index (χ3n) is 3.60. The van der Waals surface area contributed by atoms with Crippen LogP contribution in [0.5, 0.6) is 0 Å². The maximum absolute atomic E-state index is 10.7. The third kappa shape index (κ3) is 3.09. The molecule has 3 rings (SSSR count). The van der Waals surface area contributed by atoms with Crippen molar-refractivity contribution >= 4 is 28.1 Å². The fourth-order valence-electron chi connectivity index (χ4n) is 2.40. The van der Waals surface area contributed by atoms with Gasteiger partial charge in [0.05, 0.1) is 16.6 Å². The van der Waals surface area contributed by atoms with Crippen LogP contribution in [0.4, 0.5) is 5.69 Å². The zero-order chi connectivity index (χ0) is 16.2. The second kappa shape index (κ2) is 6.12. The summed E-state index contributed by atoms with van der Waals surface area (Å²) in [5.74, 6) is 0. The highest BCUT2D eigenvalue weighted by Gasteiger charge is 2.05. The summed E-state index contributed by atoms with van der Waals surface area (Å²) in [7, 11) is 0. The van der Waals surface area contributed by atoms with E-state index in [4.69, 9.17) is 0 Å². The van der Waals surface area contributed by atoms with Crippen LogP contribution in [-0.2, 0) is 0 Å². The summed E-state index contributed by atoms with van der Waals surface area (Å²) >= 11 is 0. The van der Waals surface area contributed by atoms with E-state index in [1.54, 1.807) is 18.2 Å². The Morgan fingerprint density at radius 3 is 2.35 bits per heavy atom. The Hall–Kier alpha value is -3.45. The maximum atomic E-state index is 10.7. The molecule has 0 aliphatic carbocycles. The topological polar surface area (TPSA) is 66.9 Å². The summed E-state index contributed by atoms with van der Waals surface area (Å²) in [6, 6.07) is 22.1. The van der Waals surface area contributed by atoms with Crippen LogP contribution < -0.4 is 0 Å². The van der Waals surface area contributed by atoms with E-state index in [1.165, 1.54) is 12.1 Å². The normalized spacial score (nSPS) is 11.2. The summed E-state index contributed by atoms with van der Waals surface area (Å²) in [5.41, 5.74) is 2.13. The predicted octanol–water partition coefficient (Wildman–Crippen LogP) is 4.81. The number of nitro benzene ring substituents is 1. The molecule has 0 aromatic heterocycles. The van der Waals surface area contributed by atoms with E-state index in [0.717, 1.165) is 21.9 Å². The van der Waals surface area contributed by atoms with E-state index in [1.807, 2.05) is 42.5 Å². The van der Waals surface area contributed by atoms with E-state index >= 15 is 0 Å². The predicted molar refractivity (Wildman–Crippen MR) is 90.5 cm³/mol. The molecule has 0 saturated heterocycles. The van der Waals surface area contributed by atoms with Gasteiger partial charge in [0.2, 0.25) is 0 Å². The van der Waals surface area contributed by atoms with E-state index in [9.17, 15) is 15.4 Å². The van der Waals surface area contributed by atoms with Crippen molar-refractivity contribution in [2.24, 2.45) is 0 Å². The van der Waals surface area contributed by atoms with Crippen molar-refractivity contribution in [1.29, 1.82) is 5.26 Å². The molecular weight excluding hydrogens is 288 g/mol. The molecule has 0 unspecified atom stereocenters. The molecule has 0 fully saturated rings. The minimum atomic E-state index is -0.442. The number of nitro groups is 1. The van der Waals surface area contributed by atoms with Gasteiger partial charge in [-0.25, -0.2) is 0 Å². The Bertz CT molecular complexity index is 951. The minimum absolute atomic E-state index is 0.0337. The number of nitrogens with zero attached hydrogens (tertiary/aromatic N) is 2. The molecule has 0 radical (unpaired) electrons. The highest BCUT2D eigenvalue weighted by Crippen LogP contribution is 2.23. The zero-order valence-corrected chi connectivity index (χ0v) is 12.1. The summed E-state index contributed by atoms with van der Waals surface area (Å²) in [5, 5.41) is 22.3. The highest BCUT2D eigenvalue weighted by atomic mass is 16.6. The second-order valence-corrected chi connectivity index (χ2v) is 5.08. The van der Waals surface area contributed by atoms with Gasteiger partial charge in [-0.3, -0.25) is 10.1 Å². The first-order chi connectivity index (χ1) is 11.2. The van der Waals surface area contributed by atoms with Crippen molar-refractivity contribution in [1.82, 2.24) is 0 Å². The first kappa shape index (κ1) is 14.5. The summed E-state index contributed by atoms with van der Waals surface area (Å²) in [6.07, 6.45) is 1.73. The minimum Gasteiger partial charge on any atom is -0.258 e. The number of non-ortho nitro benzene ring substituents is 1. The fourth-order valence-corrected chi connectivity index (χ4v) is 2.40. The van der Waals surface area contributed by atoms with Gasteiger partial charge in [0.1, 0.15) is 0 Å². The number of hydrogen-bond acceptors (Lipinski definition) is 3. The molecule has 3 aromatic rings. The third-order valence-corrected chi connectivity index (χ3v) is 3.60. The number of rotatable bonds is 3. The molecule has 0 atom stereocenters. The molecule has 110 valence electrons. The van der Waals surface area contributed by atoms with Crippen LogP contribution in [0.25, 0.3) is 22.4 Å².